The number of rotatable bonds is 5. The Morgan fingerprint density at radius 1 is 1.56 bits per heavy atom. The van der Waals surface area contributed by atoms with E-state index in [9.17, 15) is 0 Å². The van der Waals surface area contributed by atoms with E-state index < -0.39 is 0 Å². The summed E-state index contributed by atoms with van der Waals surface area (Å²) in [5.41, 5.74) is 0. The Morgan fingerprint density at radius 3 is 3.11 bits per heavy atom. The minimum atomic E-state index is 0.456. The van der Waals surface area contributed by atoms with Crippen LogP contribution in [-0.2, 0) is 11.2 Å². The van der Waals surface area contributed by atoms with Crippen molar-refractivity contribution >= 4 is 5.95 Å². The fraction of sp³-hybridized carbons (Fsp3) is 0.833. The van der Waals surface area contributed by atoms with Crippen molar-refractivity contribution in [1.29, 1.82) is 0 Å². The number of nitrogens with one attached hydrogen (secondary N) is 2. The van der Waals surface area contributed by atoms with E-state index in [1.54, 1.807) is 7.11 Å². The van der Waals surface area contributed by atoms with E-state index in [-0.39, 0.29) is 0 Å². The van der Waals surface area contributed by atoms with Crippen LogP contribution < -0.4 is 10.2 Å². The highest BCUT2D eigenvalue weighted by atomic mass is 16.5. The van der Waals surface area contributed by atoms with Crippen LogP contribution in [0.1, 0.15) is 19.7 Å². The molecule has 1 fully saturated rings. The van der Waals surface area contributed by atoms with Gasteiger partial charge in [-0.1, -0.05) is 6.92 Å². The average Bonchev–Trinajstić information content (AvgIpc) is 2.78. The number of aromatic amines is 1. The van der Waals surface area contributed by atoms with Gasteiger partial charge in [0.1, 0.15) is 5.82 Å². The molecule has 2 heterocycles. The van der Waals surface area contributed by atoms with Crippen molar-refractivity contribution in [3.8, 4) is 0 Å². The second-order valence-corrected chi connectivity index (χ2v) is 5.15. The maximum absolute atomic E-state index is 5.13. The smallest absolute Gasteiger partial charge is 0.244 e. The molecule has 18 heavy (non-hydrogen) atoms. The highest BCUT2D eigenvalue weighted by molar-refractivity contribution is 5.30. The third-order valence-electron chi connectivity index (χ3n) is 3.16. The Bertz CT molecular complexity index is 367. The van der Waals surface area contributed by atoms with E-state index in [1.165, 1.54) is 0 Å². The molecule has 6 nitrogen and oxygen atoms in total. The summed E-state index contributed by atoms with van der Waals surface area (Å²) in [6.07, 6.45) is 0.877. The Morgan fingerprint density at radius 2 is 2.39 bits per heavy atom. The van der Waals surface area contributed by atoms with Crippen LogP contribution in [0.3, 0.4) is 0 Å². The lowest BCUT2D eigenvalue weighted by Crippen LogP contribution is -2.49. The maximum Gasteiger partial charge on any atom is 0.244 e. The van der Waals surface area contributed by atoms with Gasteiger partial charge in [0.15, 0.2) is 0 Å². The fourth-order valence-corrected chi connectivity index (χ4v) is 2.31. The van der Waals surface area contributed by atoms with Crippen molar-refractivity contribution in [3.05, 3.63) is 5.82 Å². The topological polar surface area (TPSA) is 66.1 Å². The molecule has 2 atom stereocenters. The van der Waals surface area contributed by atoms with Gasteiger partial charge in [-0.05, 0) is 12.8 Å². The summed E-state index contributed by atoms with van der Waals surface area (Å²) in [6, 6.07) is 0.494. The molecule has 1 unspecified atom stereocenters. The molecule has 2 N–H and O–H groups in total. The third kappa shape index (κ3) is 3.43. The van der Waals surface area contributed by atoms with Gasteiger partial charge in [-0.2, -0.15) is 4.98 Å². The summed E-state index contributed by atoms with van der Waals surface area (Å²) in [5.74, 6) is 2.22. The second kappa shape index (κ2) is 6.15. The molecule has 6 heteroatoms. The van der Waals surface area contributed by atoms with Gasteiger partial charge >= 0.3 is 0 Å². The highest BCUT2D eigenvalue weighted by Gasteiger charge is 2.19. The summed E-state index contributed by atoms with van der Waals surface area (Å²) in [4.78, 5) is 6.79. The molecule has 1 aliphatic rings. The van der Waals surface area contributed by atoms with Crippen molar-refractivity contribution in [2.24, 2.45) is 5.92 Å². The van der Waals surface area contributed by atoms with Crippen molar-refractivity contribution in [3.63, 3.8) is 0 Å². The lowest BCUT2D eigenvalue weighted by atomic mass is 10.1. The number of H-pyrrole nitrogens is 1. The first kappa shape index (κ1) is 13.3. The zero-order chi connectivity index (χ0) is 13.0. The molecule has 1 aromatic rings. The number of methoxy groups -OCH3 is 1. The zero-order valence-corrected chi connectivity index (χ0v) is 11.4. The van der Waals surface area contributed by atoms with Crippen molar-refractivity contribution in [2.45, 2.75) is 26.3 Å². The number of piperazine rings is 1. The summed E-state index contributed by atoms with van der Waals surface area (Å²) in [5, 5.41) is 10.8. The van der Waals surface area contributed by atoms with Crippen LogP contribution in [0.25, 0.3) is 0 Å². The van der Waals surface area contributed by atoms with Gasteiger partial charge in [0.05, 0.1) is 0 Å². The van der Waals surface area contributed by atoms with Crippen molar-refractivity contribution in [2.75, 3.05) is 38.3 Å². The molecule has 0 spiro atoms. The van der Waals surface area contributed by atoms with Crippen LogP contribution in [0.2, 0.25) is 0 Å². The van der Waals surface area contributed by atoms with Gasteiger partial charge in [-0.25, -0.2) is 0 Å². The Hall–Kier alpha value is -1.14. The maximum atomic E-state index is 5.13. The largest absolute Gasteiger partial charge is 0.384 e. The molecule has 0 radical (unpaired) electrons. The number of hydrogen-bond acceptors (Lipinski definition) is 5. The first-order valence-electron chi connectivity index (χ1n) is 6.57. The van der Waals surface area contributed by atoms with Crippen LogP contribution >= 0.6 is 0 Å². The van der Waals surface area contributed by atoms with E-state index >= 15 is 0 Å². The van der Waals surface area contributed by atoms with E-state index in [1.807, 2.05) is 0 Å². The van der Waals surface area contributed by atoms with E-state index in [2.05, 4.69) is 39.2 Å². The van der Waals surface area contributed by atoms with Gasteiger partial charge in [-0.3, -0.25) is 5.10 Å². The normalized spacial score (nSPS) is 22.2. The molecular formula is C12H23N5O. The van der Waals surface area contributed by atoms with Crippen LogP contribution in [0.5, 0.6) is 0 Å². The quantitative estimate of drug-likeness (QED) is 0.796. The highest BCUT2D eigenvalue weighted by Crippen LogP contribution is 2.12. The summed E-state index contributed by atoms with van der Waals surface area (Å²) >= 11 is 0. The summed E-state index contributed by atoms with van der Waals surface area (Å²) in [6.45, 7) is 8.00. The van der Waals surface area contributed by atoms with Crippen LogP contribution in [-0.4, -0.2) is 54.6 Å². The number of hydrogen-bond donors (Lipinski definition) is 2. The molecular weight excluding hydrogens is 230 g/mol. The lowest BCUT2D eigenvalue weighted by molar-refractivity contribution is 0.159. The molecule has 0 aromatic carbocycles. The molecule has 0 bridgehead atoms. The first-order chi connectivity index (χ1) is 8.69. The average molecular weight is 253 g/mol. The van der Waals surface area contributed by atoms with Gasteiger partial charge < -0.3 is 15.0 Å². The number of nitrogens with zero attached hydrogens (tertiary/aromatic N) is 3. The van der Waals surface area contributed by atoms with E-state index in [0.29, 0.717) is 12.0 Å². The number of aromatic nitrogens is 3. The Labute approximate surface area is 108 Å². The monoisotopic (exact) mass is 253 g/mol. The van der Waals surface area contributed by atoms with Crippen molar-refractivity contribution in [1.82, 2.24) is 20.5 Å². The van der Waals surface area contributed by atoms with Gasteiger partial charge in [-0.15, -0.1) is 5.10 Å². The minimum Gasteiger partial charge on any atom is -0.384 e. The van der Waals surface area contributed by atoms with Crippen molar-refractivity contribution < 1.29 is 4.74 Å². The fourth-order valence-electron chi connectivity index (χ4n) is 2.31. The molecule has 1 aliphatic heterocycles. The van der Waals surface area contributed by atoms with Gasteiger partial charge in [0, 0.05) is 45.8 Å². The standard InChI is InChI=1S/C12H23N5O/c1-9(8-18-3)6-11-14-12(16-15-11)17-5-4-13-10(2)7-17/h9-10,13H,4-8H2,1-3H3,(H,14,15,16)/t9?,10-/m0/s1. The molecule has 2 rings (SSSR count). The second-order valence-electron chi connectivity index (χ2n) is 5.15. The van der Waals surface area contributed by atoms with Crippen LogP contribution in [0.4, 0.5) is 5.95 Å². The zero-order valence-electron chi connectivity index (χ0n) is 11.4. The first-order valence-corrected chi connectivity index (χ1v) is 6.57. The third-order valence-corrected chi connectivity index (χ3v) is 3.16. The Balaban J connectivity index is 1.92. The summed E-state index contributed by atoms with van der Waals surface area (Å²) in [7, 11) is 1.73. The molecule has 102 valence electrons. The predicted molar refractivity (Wildman–Crippen MR) is 70.8 cm³/mol. The SMILES string of the molecule is COCC(C)Cc1nc(N2CCN[C@@H](C)C2)n[nH]1. The van der Waals surface area contributed by atoms with Crippen LogP contribution in [0.15, 0.2) is 0 Å². The summed E-state index contributed by atoms with van der Waals surface area (Å²) < 4.78 is 5.13. The van der Waals surface area contributed by atoms with E-state index in [0.717, 1.165) is 44.4 Å². The molecule has 0 aliphatic carbocycles. The molecule has 0 amide bonds. The number of anilines is 1. The van der Waals surface area contributed by atoms with E-state index in [4.69, 9.17) is 4.74 Å². The minimum absolute atomic E-state index is 0.456. The molecule has 1 saturated heterocycles. The van der Waals surface area contributed by atoms with Gasteiger partial charge in [0.25, 0.3) is 0 Å². The number of ether oxygens (including phenoxy) is 1. The Kier molecular flexibility index (Phi) is 4.54. The molecule has 1 aromatic heterocycles. The predicted octanol–water partition coefficient (Wildman–Crippen LogP) is 0.428. The van der Waals surface area contributed by atoms with Gasteiger partial charge in [0.2, 0.25) is 5.95 Å². The lowest BCUT2D eigenvalue weighted by Gasteiger charge is -2.30. The molecule has 0 saturated carbocycles. The van der Waals surface area contributed by atoms with Crippen LogP contribution in [0, 0.1) is 5.92 Å².